The highest BCUT2D eigenvalue weighted by Crippen LogP contribution is 2.34. The number of halogens is 2. The van der Waals surface area contributed by atoms with Crippen molar-refractivity contribution in [2.75, 3.05) is 11.9 Å². The third kappa shape index (κ3) is 4.05. The average molecular weight is 436 g/mol. The number of amides is 1. The van der Waals surface area contributed by atoms with E-state index in [-0.39, 0.29) is 23.8 Å². The van der Waals surface area contributed by atoms with Crippen LogP contribution in [0.25, 0.3) is 11.3 Å². The van der Waals surface area contributed by atoms with Gasteiger partial charge in [-0.3, -0.25) is 4.79 Å². The lowest BCUT2D eigenvalue weighted by atomic mass is 10.1. The Morgan fingerprint density at radius 3 is 2.56 bits per heavy atom. The summed E-state index contributed by atoms with van der Waals surface area (Å²) in [5, 5.41) is 12.4. The van der Waals surface area contributed by atoms with Crippen molar-refractivity contribution in [3.8, 4) is 17.3 Å². The summed E-state index contributed by atoms with van der Waals surface area (Å²) in [6, 6.07) is 11.9. The van der Waals surface area contributed by atoms with Crippen LogP contribution in [0, 0.1) is 23.0 Å². The van der Waals surface area contributed by atoms with Gasteiger partial charge in [0.25, 0.3) is 0 Å². The second-order valence-electron chi connectivity index (χ2n) is 8.26. The minimum atomic E-state index is -1.00. The molecule has 2 aromatic carbocycles. The van der Waals surface area contributed by atoms with E-state index >= 15 is 0 Å². The van der Waals surface area contributed by atoms with Crippen LogP contribution < -0.4 is 11.1 Å². The molecule has 164 valence electrons. The molecular formula is C23H22F2N6O. The molecule has 0 saturated carbocycles. The van der Waals surface area contributed by atoms with E-state index < -0.39 is 11.4 Å². The van der Waals surface area contributed by atoms with Gasteiger partial charge in [0.05, 0.1) is 17.6 Å². The van der Waals surface area contributed by atoms with Crippen LogP contribution in [0.5, 0.6) is 0 Å². The average Bonchev–Trinajstić information content (AvgIpc) is 3.11. The van der Waals surface area contributed by atoms with Crippen molar-refractivity contribution in [2.45, 2.75) is 32.5 Å². The summed E-state index contributed by atoms with van der Waals surface area (Å²) in [5.74, 6) is 0.0957. The molecule has 0 bridgehead atoms. The van der Waals surface area contributed by atoms with E-state index in [1.807, 2.05) is 10.6 Å². The minimum Gasteiger partial charge on any atom is -0.340 e. The number of nitrogens with zero attached hydrogens (tertiary/aromatic N) is 4. The van der Waals surface area contributed by atoms with Crippen molar-refractivity contribution >= 4 is 17.4 Å². The van der Waals surface area contributed by atoms with Gasteiger partial charge in [-0.2, -0.15) is 5.26 Å². The Morgan fingerprint density at radius 1 is 1.19 bits per heavy atom. The number of aromatic nitrogens is 2. The molecule has 4 rings (SSSR count). The third-order valence-corrected chi connectivity index (χ3v) is 5.28. The maximum absolute atomic E-state index is 13.8. The topological polar surface area (TPSA) is 100.0 Å². The smallest absolute Gasteiger partial charge is 0.242 e. The van der Waals surface area contributed by atoms with E-state index in [1.54, 1.807) is 30.9 Å². The molecular weight excluding hydrogens is 414 g/mol. The molecule has 0 radical (unpaired) electrons. The number of carbonyl (C=O) groups is 1. The molecule has 3 N–H and O–H groups in total. The lowest BCUT2D eigenvalue weighted by Crippen LogP contribution is -2.52. The first kappa shape index (κ1) is 21.5. The lowest BCUT2D eigenvalue weighted by molar-refractivity contribution is -0.137. The van der Waals surface area contributed by atoms with E-state index in [9.17, 15) is 13.6 Å². The van der Waals surface area contributed by atoms with Gasteiger partial charge in [0.15, 0.2) is 0 Å². The van der Waals surface area contributed by atoms with Crippen molar-refractivity contribution in [2.24, 2.45) is 5.73 Å². The number of hydrogen-bond donors (Lipinski definition) is 2. The fourth-order valence-corrected chi connectivity index (χ4v) is 3.67. The molecule has 0 spiro atoms. The van der Waals surface area contributed by atoms with Gasteiger partial charge in [0, 0.05) is 24.3 Å². The molecule has 0 fully saturated rings. The fraction of sp³-hybridized carbons (Fsp3) is 0.261. The molecule has 0 aliphatic carbocycles. The largest absolute Gasteiger partial charge is 0.340 e. The maximum atomic E-state index is 13.8. The molecule has 7 nitrogen and oxygen atoms in total. The molecule has 1 aliphatic heterocycles. The summed E-state index contributed by atoms with van der Waals surface area (Å²) in [7, 11) is 0. The second kappa shape index (κ2) is 8.05. The van der Waals surface area contributed by atoms with Crippen LogP contribution in [-0.4, -0.2) is 32.4 Å². The highest BCUT2D eigenvalue weighted by molar-refractivity contribution is 5.85. The monoisotopic (exact) mass is 436 g/mol. The zero-order chi connectivity index (χ0) is 23.0. The van der Waals surface area contributed by atoms with Crippen LogP contribution in [-0.2, 0) is 17.9 Å². The van der Waals surface area contributed by atoms with Crippen LogP contribution in [0.4, 0.5) is 20.3 Å². The van der Waals surface area contributed by atoms with Gasteiger partial charge in [-0.05, 0) is 56.3 Å². The van der Waals surface area contributed by atoms with Crippen LogP contribution in [0.3, 0.4) is 0 Å². The number of anilines is 2. The van der Waals surface area contributed by atoms with E-state index in [1.165, 1.54) is 30.3 Å². The summed E-state index contributed by atoms with van der Waals surface area (Å²) in [6.07, 6.45) is 0. The quantitative estimate of drug-likeness (QED) is 0.652. The highest BCUT2D eigenvalue weighted by atomic mass is 19.1. The number of nitrogens with one attached hydrogen (secondary N) is 1. The molecule has 2 heterocycles. The SMILES string of the molecule is CC(C)(N)C(=O)N1CCn2c(nc(-c3ccc(F)cc3)c2Nc2ccc(F)c(C#N)c2)C1. The first-order chi connectivity index (χ1) is 15.2. The highest BCUT2D eigenvalue weighted by Gasteiger charge is 2.32. The Hall–Kier alpha value is -3.77. The van der Waals surface area contributed by atoms with Gasteiger partial charge in [-0.25, -0.2) is 13.8 Å². The van der Waals surface area contributed by atoms with E-state index in [0.29, 0.717) is 41.7 Å². The molecule has 1 aromatic heterocycles. The summed E-state index contributed by atoms with van der Waals surface area (Å²) < 4.78 is 29.2. The molecule has 1 amide bonds. The number of nitriles is 1. The van der Waals surface area contributed by atoms with Crippen LogP contribution in [0.15, 0.2) is 42.5 Å². The van der Waals surface area contributed by atoms with Crippen molar-refractivity contribution in [1.29, 1.82) is 5.26 Å². The number of fused-ring (bicyclic) bond motifs is 1. The molecule has 1 aliphatic rings. The Labute approximate surface area is 184 Å². The molecule has 0 atom stereocenters. The predicted molar refractivity (Wildman–Crippen MR) is 116 cm³/mol. The molecule has 32 heavy (non-hydrogen) atoms. The lowest BCUT2D eigenvalue weighted by Gasteiger charge is -2.33. The maximum Gasteiger partial charge on any atom is 0.242 e. The van der Waals surface area contributed by atoms with Gasteiger partial charge in [-0.15, -0.1) is 0 Å². The van der Waals surface area contributed by atoms with Gasteiger partial charge >= 0.3 is 0 Å². The van der Waals surface area contributed by atoms with Crippen molar-refractivity contribution < 1.29 is 13.6 Å². The second-order valence-corrected chi connectivity index (χ2v) is 8.26. The fourth-order valence-electron chi connectivity index (χ4n) is 3.67. The number of carbonyl (C=O) groups excluding carboxylic acids is 1. The van der Waals surface area contributed by atoms with Crippen molar-refractivity contribution in [3.63, 3.8) is 0 Å². The summed E-state index contributed by atoms with van der Waals surface area (Å²) in [4.78, 5) is 19.0. The Balaban J connectivity index is 1.77. The van der Waals surface area contributed by atoms with E-state index in [2.05, 4.69) is 5.32 Å². The van der Waals surface area contributed by atoms with E-state index in [4.69, 9.17) is 16.0 Å². The van der Waals surface area contributed by atoms with Gasteiger partial charge in [-0.1, -0.05) is 0 Å². The van der Waals surface area contributed by atoms with Crippen LogP contribution in [0.1, 0.15) is 25.2 Å². The first-order valence-corrected chi connectivity index (χ1v) is 10.1. The third-order valence-electron chi connectivity index (χ3n) is 5.28. The van der Waals surface area contributed by atoms with Crippen LogP contribution in [0.2, 0.25) is 0 Å². The standard InChI is InChI=1S/C23H22F2N6O/c1-23(2,27)22(32)30-9-10-31-19(13-30)29-20(14-3-5-16(24)6-4-14)21(31)28-17-7-8-18(25)15(11-17)12-26/h3-8,11,28H,9-10,13,27H2,1-2H3. The minimum absolute atomic E-state index is 0.0846. The number of benzene rings is 2. The van der Waals surface area contributed by atoms with Crippen LogP contribution >= 0.6 is 0 Å². The first-order valence-electron chi connectivity index (χ1n) is 10.1. The Bertz CT molecular complexity index is 1220. The normalized spacial score (nSPS) is 13.4. The molecule has 3 aromatic rings. The zero-order valence-electron chi connectivity index (χ0n) is 17.7. The van der Waals surface area contributed by atoms with E-state index in [0.717, 1.165) is 0 Å². The van der Waals surface area contributed by atoms with Crippen molar-refractivity contribution in [1.82, 2.24) is 14.5 Å². The van der Waals surface area contributed by atoms with Gasteiger partial charge in [0.2, 0.25) is 5.91 Å². The Kier molecular flexibility index (Phi) is 5.40. The van der Waals surface area contributed by atoms with Gasteiger partial charge in [0.1, 0.15) is 35.0 Å². The zero-order valence-corrected chi connectivity index (χ0v) is 17.7. The predicted octanol–water partition coefficient (Wildman–Crippen LogP) is 3.52. The number of rotatable bonds is 4. The summed E-state index contributed by atoms with van der Waals surface area (Å²) in [6.45, 7) is 4.48. The van der Waals surface area contributed by atoms with Gasteiger partial charge < -0.3 is 20.5 Å². The Morgan fingerprint density at radius 2 is 1.91 bits per heavy atom. The number of nitrogens with two attached hydrogens (primary N) is 1. The summed E-state index contributed by atoms with van der Waals surface area (Å²) >= 11 is 0. The number of imidazole rings is 1. The number of hydrogen-bond acceptors (Lipinski definition) is 5. The summed E-state index contributed by atoms with van der Waals surface area (Å²) in [5.41, 5.74) is 6.65. The molecule has 0 saturated heterocycles. The molecule has 9 heteroatoms. The molecule has 0 unspecified atom stereocenters. The van der Waals surface area contributed by atoms with Crippen molar-refractivity contribution in [3.05, 3.63) is 65.5 Å².